The molecule has 2 heterocycles. The van der Waals surface area contributed by atoms with Crippen LogP contribution < -0.4 is 10.2 Å². The zero-order chi connectivity index (χ0) is 36.1. The molecule has 14 heteroatoms. The molecule has 3 aromatic rings. The van der Waals surface area contributed by atoms with E-state index in [0.717, 1.165) is 17.7 Å². The number of likely N-dealkylation sites (N-methyl/N-ethyl adjacent to an activating group) is 1. The molecule has 4 amide bonds. The summed E-state index contributed by atoms with van der Waals surface area (Å²) in [5.41, 5.74) is -3.64. The van der Waals surface area contributed by atoms with Crippen LogP contribution in [0.3, 0.4) is 0 Å². The van der Waals surface area contributed by atoms with Gasteiger partial charge in [0.25, 0.3) is 5.91 Å². The van der Waals surface area contributed by atoms with Crippen LogP contribution in [0.15, 0.2) is 60.7 Å². The minimum Gasteiger partial charge on any atom is -0.340 e. The van der Waals surface area contributed by atoms with Crippen molar-refractivity contribution in [1.82, 2.24) is 15.1 Å². The second kappa shape index (κ2) is 13.3. The molecule has 2 aliphatic rings. The maximum absolute atomic E-state index is 14.4. The van der Waals surface area contributed by atoms with Gasteiger partial charge in [-0.3, -0.25) is 23.7 Å². The molecule has 3 aromatic carbocycles. The van der Waals surface area contributed by atoms with Gasteiger partial charge < -0.3 is 29.8 Å². The predicted octanol–water partition coefficient (Wildman–Crippen LogP) is 4.74. The second-order valence-electron chi connectivity index (χ2n) is 13.8. The summed E-state index contributed by atoms with van der Waals surface area (Å²) in [5, 5.41) is 3.26. The van der Waals surface area contributed by atoms with Crippen LogP contribution in [0.1, 0.15) is 68.4 Å². The first-order valence-corrected chi connectivity index (χ1v) is 17.6. The van der Waals surface area contributed by atoms with E-state index >= 15 is 0 Å². The lowest BCUT2D eigenvalue weighted by atomic mass is 9.87. The number of nitrogens with zero attached hydrogens (tertiary/aromatic N) is 3. The van der Waals surface area contributed by atoms with E-state index in [0.29, 0.717) is 36.9 Å². The average molecular weight is 699 g/mol. The van der Waals surface area contributed by atoms with Gasteiger partial charge in [0.05, 0.1) is 0 Å². The van der Waals surface area contributed by atoms with Crippen LogP contribution in [0, 0.1) is 0 Å². The number of hydrogen-bond acceptors (Lipinski definition) is 5. The molecule has 2 fully saturated rings. The van der Waals surface area contributed by atoms with Crippen molar-refractivity contribution in [1.29, 1.82) is 0 Å². The van der Waals surface area contributed by atoms with Gasteiger partial charge in [0.15, 0.2) is 0 Å². The Hall–Kier alpha value is -4.19. The second-order valence-corrected chi connectivity index (χ2v) is 15.5. The van der Waals surface area contributed by atoms with Crippen molar-refractivity contribution in [2.24, 2.45) is 0 Å². The Morgan fingerprint density at radius 2 is 1.55 bits per heavy atom. The Bertz CT molecular complexity index is 1840. The molecule has 11 nitrogen and oxygen atoms in total. The molecular weight excluding hydrogens is 657 g/mol. The molecule has 0 bridgehead atoms. The SMILES string of the molecule is CC(=O)N1CCC2CC[C@@H](C(=O)N(C)c3ccc(C(C)(C)C)cc3)N2C(=O)[C@@H](NC(=O)c2ccc3ccc(C(F)(F)P(=O)(O)O)cc3c2)C1. The number of amides is 4. The molecule has 0 saturated carbocycles. The highest BCUT2D eigenvalue weighted by molar-refractivity contribution is 7.52. The molecule has 262 valence electrons. The fraction of sp³-hybridized carbons (Fsp3) is 0.429. The van der Waals surface area contributed by atoms with Crippen molar-refractivity contribution in [2.75, 3.05) is 25.0 Å². The lowest BCUT2D eigenvalue weighted by Crippen LogP contribution is -2.61. The molecule has 0 aromatic heterocycles. The van der Waals surface area contributed by atoms with Crippen molar-refractivity contribution in [3.05, 3.63) is 77.4 Å². The fourth-order valence-electron chi connectivity index (χ4n) is 6.53. The first kappa shape index (κ1) is 36.1. The largest absolute Gasteiger partial charge is 0.399 e. The fourth-order valence-corrected chi connectivity index (χ4v) is 7.01. The Labute approximate surface area is 283 Å². The summed E-state index contributed by atoms with van der Waals surface area (Å²) in [6, 6.07) is 12.6. The number of hydrogen-bond donors (Lipinski definition) is 3. The van der Waals surface area contributed by atoms with E-state index in [1.165, 1.54) is 41.0 Å². The number of alkyl halides is 2. The van der Waals surface area contributed by atoms with Gasteiger partial charge in [0.1, 0.15) is 12.1 Å². The number of nitrogens with one attached hydrogen (secondary N) is 1. The molecule has 3 N–H and O–H groups in total. The predicted molar refractivity (Wildman–Crippen MR) is 180 cm³/mol. The summed E-state index contributed by atoms with van der Waals surface area (Å²) >= 11 is 0. The van der Waals surface area contributed by atoms with Crippen LogP contribution in [0.4, 0.5) is 14.5 Å². The molecule has 0 radical (unpaired) electrons. The summed E-state index contributed by atoms with van der Waals surface area (Å²) in [7, 11) is -4.16. The topological polar surface area (TPSA) is 148 Å². The van der Waals surface area contributed by atoms with Gasteiger partial charge in [-0.1, -0.05) is 51.1 Å². The van der Waals surface area contributed by atoms with Crippen molar-refractivity contribution >= 4 is 47.7 Å². The van der Waals surface area contributed by atoms with Crippen molar-refractivity contribution in [2.45, 2.75) is 76.2 Å². The molecule has 5 rings (SSSR count). The van der Waals surface area contributed by atoms with Crippen molar-refractivity contribution in [3.63, 3.8) is 0 Å². The van der Waals surface area contributed by atoms with E-state index in [4.69, 9.17) is 0 Å². The van der Waals surface area contributed by atoms with Gasteiger partial charge in [-0.25, -0.2) is 0 Å². The van der Waals surface area contributed by atoms with E-state index < -0.39 is 42.7 Å². The average Bonchev–Trinajstić information content (AvgIpc) is 3.46. The third-order valence-corrected chi connectivity index (χ3v) is 10.5. The summed E-state index contributed by atoms with van der Waals surface area (Å²) < 4.78 is 40.3. The number of carbonyl (C=O) groups excluding carboxylic acids is 4. The van der Waals surface area contributed by atoms with E-state index in [1.807, 2.05) is 24.3 Å². The summed E-state index contributed by atoms with van der Waals surface area (Å²) in [6.07, 6.45) is 1.41. The molecule has 2 aliphatic heterocycles. The minimum absolute atomic E-state index is 0.00239. The van der Waals surface area contributed by atoms with Crippen LogP contribution >= 0.6 is 7.60 Å². The number of halogens is 2. The molecule has 1 unspecified atom stereocenters. The normalized spacial score (nSPS) is 20.4. The van der Waals surface area contributed by atoms with Gasteiger partial charge in [-0.2, -0.15) is 8.78 Å². The van der Waals surface area contributed by atoms with Gasteiger partial charge in [-0.05, 0) is 71.3 Å². The van der Waals surface area contributed by atoms with Crippen LogP contribution in [0.5, 0.6) is 0 Å². The summed E-state index contributed by atoms with van der Waals surface area (Å²) in [5.74, 6) is -1.80. The highest BCUT2D eigenvalue weighted by Crippen LogP contribution is 2.59. The minimum atomic E-state index is -5.82. The van der Waals surface area contributed by atoms with Gasteiger partial charge in [0.2, 0.25) is 17.7 Å². The van der Waals surface area contributed by atoms with Crippen LogP contribution in [-0.2, 0) is 30.0 Å². The third kappa shape index (κ3) is 7.25. The molecule has 2 saturated heterocycles. The number of fused-ring (bicyclic) bond motifs is 2. The molecular formula is C35H41F2N4O7P. The van der Waals surface area contributed by atoms with E-state index in [-0.39, 0.29) is 40.8 Å². The highest BCUT2D eigenvalue weighted by atomic mass is 31.2. The quantitative estimate of drug-likeness (QED) is 0.315. The number of carbonyl (C=O) groups is 4. The summed E-state index contributed by atoms with van der Waals surface area (Å²) in [6.45, 7) is 7.83. The smallest absolute Gasteiger partial charge is 0.340 e. The maximum Gasteiger partial charge on any atom is 0.399 e. The van der Waals surface area contributed by atoms with E-state index in [1.54, 1.807) is 11.9 Å². The highest BCUT2D eigenvalue weighted by Gasteiger charge is 2.50. The maximum atomic E-state index is 14.4. The molecule has 49 heavy (non-hydrogen) atoms. The zero-order valence-electron chi connectivity index (χ0n) is 28.0. The molecule has 0 spiro atoms. The first-order chi connectivity index (χ1) is 22.8. The standard InChI is InChI=1S/C35H41F2N4O7P/c1-21(42)40-17-16-28-14-15-30(33(45)39(5)27-12-10-25(11-13-27)34(2,3)4)41(28)32(44)29(20-40)38-31(43)23-7-6-22-8-9-26(19-24(22)18-23)35(36,37)49(46,47)48/h6-13,18-19,28-30H,14-17,20H2,1-5H3,(H,38,43)(H2,46,47,48)/t28?,29-,30-/m0/s1. The van der Waals surface area contributed by atoms with Crippen molar-refractivity contribution in [3.8, 4) is 0 Å². The molecule has 0 aliphatic carbocycles. The van der Waals surface area contributed by atoms with Crippen LogP contribution in [0.2, 0.25) is 0 Å². The number of rotatable bonds is 6. The van der Waals surface area contributed by atoms with E-state index in [2.05, 4.69) is 26.1 Å². The lowest BCUT2D eigenvalue weighted by molar-refractivity contribution is -0.144. The summed E-state index contributed by atoms with van der Waals surface area (Å²) in [4.78, 5) is 77.2. The van der Waals surface area contributed by atoms with Crippen LogP contribution in [-0.4, -0.2) is 81.5 Å². The Morgan fingerprint density at radius 1 is 0.918 bits per heavy atom. The van der Waals surface area contributed by atoms with Gasteiger partial charge >= 0.3 is 13.3 Å². The van der Waals surface area contributed by atoms with Crippen molar-refractivity contribution < 1.29 is 42.3 Å². The zero-order valence-corrected chi connectivity index (χ0v) is 28.9. The van der Waals surface area contributed by atoms with Crippen LogP contribution in [0.25, 0.3) is 10.8 Å². The lowest BCUT2D eigenvalue weighted by Gasteiger charge is -2.39. The number of anilines is 1. The Kier molecular flexibility index (Phi) is 9.77. The molecule has 3 atom stereocenters. The Morgan fingerprint density at radius 3 is 2.16 bits per heavy atom. The van der Waals surface area contributed by atoms with Gasteiger partial charge in [0, 0.05) is 49.9 Å². The van der Waals surface area contributed by atoms with E-state index in [9.17, 15) is 42.3 Å². The Balaban J connectivity index is 1.41. The first-order valence-electron chi connectivity index (χ1n) is 16.0. The number of benzene rings is 3. The third-order valence-electron chi connectivity index (χ3n) is 9.49. The monoisotopic (exact) mass is 698 g/mol. The van der Waals surface area contributed by atoms with Gasteiger partial charge in [-0.15, -0.1) is 0 Å².